The lowest BCUT2D eigenvalue weighted by Gasteiger charge is -2.10. The summed E-state index contributed by atoms with van der Waals surface area (Å²) in [7, 11) is -2.21. The molecular formula is C21H18FN3O4S. The molecule has 0 radical (unpaired) electrons. The van der Waals surface area contributed by atoms with Crippen molar-refractivity contribution in [2.75, 3.05) is 6.26 Å². The van der Waals surface area contributed by atoms with Crippen LogP contribution in [0.2, 0.25) is 0 Å². The van der Waals surface area contributed by atoms with E-state index in [1.807, 2.05) is 4.72 Å². The van der Waals surface area contributed by atoms with Crippen molar-refractivity contribution in [3.05, 3.63) is 71.3 Å². The second-order valence-corrected chi connectivity index (χ2v) is 8.39. The highest BCUT2D eigenvalue weighted by molar-refractivity contribution is 7.89. The highest BCUT2D eigenvalue weighted by Gasteiger charge is 2.26. The molecule has 0 saturated carbocycles. The van der Waals surface area contributed by atoms with E-state index < -0.39 is 21.7 Å². The second kappa shape index (κ2) is 8.00. The summed E-state index contributed by atoms with van der Waals surface area (Å²) in [5.74, 6) is -0.509. The summed E-state index contributed by atoms with van der Waals surface area (Å²) in [5, 5.41) is 9.61. The van der Waals surface area contributed by atoms with Crippen LogP contribution in [0.4, 0.5) is 4.39 Å². The molecule has 0 aliphatic heterocycles. The van der Waals surface area contributed by atoms with Crippen molar-refractivity contribution >= 4 is 15.9 Å². The third-order valence-corrected chi connectivity index (χ3v) is 5.02. The lowest BCUT2D eigenvalue weighted by atomic mass is 10.0. The molecule has 0 aliphatic carbocycles. The average molecular weight is 427 g/mol. The fourth-order valence-corrected chi connectivity index (χ4v) is 3.49. The second-order valence-electron chi connectivity index (χ2n) is 6.64. The van der Waals surface area contributed by atoms with E-state index in [-0.39, 0.29) is 11.3 Å². The molecule has 30 heavy (non-hydrogen) atoms. The van der Waals surface area contributed by atoms with Crippen molar-refractivity contribution < 1.29 is 22.3 Å². The van der Waals surface area contributed by atoms with E-state index in [0.29, 0.717) is 28.3 Å². The van der Waals surface area contributed by atoms with Crippen molar-refractivity contribution in [1.82, 2.24) is 9.29 Å². The number of nitrogens with zero attached hydrogens (tertiary/aromatic N) is 2. The standard InChI is InChI=1S/C21H18FN3O4S/c1-13-18(12-23)19(20(25(13)2)21(26)24-30(3,27)28)14-7-9-16(10-8-14)29-17-6-4-5-15(22)11-17/h4-11H,1-3H3,(H,24,26). The van der Waals surface area contributed by atoms with Crippen molar-refractivity contribution in [3.63, 3.8) is 0 Å². The molecule has 0 saturated heterocycles. The average Bonchev–Trinajstić information content (AvgIpc) is 2.92. The Hall–Kier alpha value is -3.64. The number of nitriles is 1. The van der Waals surface area contributed by atoms with Gasteiger partial charge >= 0.3 is 0 Å². The number of carbonyl (C=O) groups is 1. The van der Waals surface area contributed by atoms with Gasteiger partial charge in [0.2, 0.25) is 10.0 Å². The van der Waals surface area contributed by atoms with Gasteiger partial charge in [0.05, 0.1) is 11.8 Å². The van der Waals surface area contributed by atoms with Gasteiger partial charge in [-0.15, -0.1) is 0 Å². The van der Waals surface area contributed by atoms with E-state index in [2.05, 4.69) is 6.07 Å². The topological polar surface area (TPSA) is 101 Å². The number of hydrogen-bond donors (Lipinski definition) is 1. The largest absolute Gasteiger partial charge is 0.457 e. The number of ether oxygens (including phenoxy) is 1. The first kappa shape index (κ1) is 21.1. The fourth-order valence-electron chi connectivity index (χ4n) is 3.06. The van der Waals surface area contributed by atoms with Crippen molar-refractivity contribution in [3.8, 4) is 28.7 Å². The molecule has 9 heteroatoms. The summed E-state index contributed by atoms with van der Waals surface area (Å²) in [6.45, 7) is 1.67. The lowest BCUT2D eigenvalue weighted by Crippen LogP contribution is -2.31. The molecule has 1 heterocycles. The molecular weight excluding hydrogens is 409 g/mol. The summed E-state index contributed by atoms with van der Waals surface area (Å²) in [4.78, 5) is 12.6. The van der Waals surface area contributed by atoms with Crippen LogP contribution < -0.4 is 9.46 Å². The van der Waals surface area contributed by atoms with Crippen LogP contribution in [-0.2, 0) is 17.1 Å². The van der Waals surface area contributed by atoms with Gasteiger partial charge in [-0.05, 0) is 36.8 Å². The number of halogens is 1. The summed E-state index contributed by atoms with van der Waals surface area (Å²) in [5.41, 5.74) is 1.67. The molecule has 3 aromatic rings. The molecule has 0 aliphatic rings. The Bertz CT molecular complexity index is 1270. The highest BCUT2D eigenvalue weighted by atomic mass is 32.2. The van der Waals surface area contributed by atoms with Gasteiger partial charge in [-0.1, -0.05) is 18.2 Å². The Labute approximate surface area is 173 Å². The van der Waals surface area contributed by atoms with Crippen molar-refractivity contribution in [2.24, 2.45) is 7.05 Å². The number of amides is 1. The molecule has 2 aromatic carbocycles. The van der Waals surface area contributed by atoms with Crippen LogP contribution in [0.5, 0.6) is 11.5 Å². The Morgan fingerprint density at radius 2 is 1.83 bits per heavy atom. The molecule has 1 amide bonds. The molecule has 7 nitrogen and oxygen atoms in total. The van der Waals surface area contributed by atoms with Gasteiger partial charge in [0.25, 0.3) is 5.91 Å². The summed E-state index contributed by atoms with van der Waals surface area (Å²) >= 11 is 0. The highest BCUT2D eigenvalue weighted by Crippen LogP contribution is 2.33. The minimum absolute atomic E-state index is 0.0493. The predicted octanol–water partition coefficient (Wildman–Crippen LogP) is 3.49. The predicted molar refractivity (Wildman–Crippen MR) is 109 cm³/mol. The number of benzene rings is 2. The first-order valence-corrected chi connectivity index (χ1v) is 10.6. The zero-order chi connectivity index (χ0) is 22.1. The van der Waals surface area contributed by atoms with Crippen LogP contribution >= 0.6 is 0 Å². The lowest BCUT2D eigenvalue weighted by molar-refractivity contribution is 0.0974. The Morgan fingerprint density at radius 3 is 2.40 bits per heavy atom. The third kappa shape index (κ3) is 4.34. The Morgan fingerprint density at radius 1 is 1.17 bits per heavy atom. The molecule has 0 spiro atoms. The van der Waals surface area contributed by atoms with Gasteiger partial charge < -0.3 is 9.30 Å². The molecule has 0 unspecified atom stereocenters. The van der Waals surface area contributed by atoms with E-state index >= 15 is 0 Å². The molecule has 3 rings (SSSR count). The number of carbonyl (C=O) groups excluding carboxylic acids is 1. The van der Waals surface area contributed by atoms with Crippen molar-refractivity contribution in [2.45, 2.75) is 6.92 Å². The first-order chi connectivity index (χ1) is 14.1. The molecule has 0 bridgehead atoms. The van der Waals surface area contributed by atoms with Crippen LogP contribution in [0, 0.1) is 24.1 Å². The normalized spacial score (nSPS) is 11.0. The van der Waals surface area contributed by atoms with Gasteiger partial charge in [-0.3, -0.25) is 4.79 Å². The van der Waals surface area contributed by atoms with Crippen LogP contribution in [0.25, 0.3) is 11.1 Å². The maximum absolute atomic E-state index is 13.3. The van der Waals surface area contributed by atoms with Gasteiger partial charge in [0.15, 0.2) is 0 Å². The number of hydrogen-bond acceptors (Lipinski definition) is 5. The van der Waals surface area contributed by atoms with E-state index in [1.165, 1.54) is 22.8 Å². The minimum atomic E-state index is -3.79. The maximum Gasteiger partial charge on any atom is 0.282 e. The molecule has 154 valence electrons. The summed E-state index contributed by atoms with van der Waals surface area (Å²) in [6, 6.07) is 14.3. The van der Waals surface area contributed by atoms with E-state index in [0.717, 1.165) is 6.26 Å². The van der Waals surface area contributed by atoms with E-state index in [4.69, 9.17) is 4.74 Å². The number of nitrogens with one attached hydrogen (secondary N) is 1. The molecule has 0 atom stereocenters. The van der Waals surface area contributed by atoms with Gasteiger partial charge in [-0.2, -0.15) is 5.26 Å². The van der Waals surface area contributed by atoms with Crippen LogP contribution in [0.3, 0.4) is 0 Å². The van der Waals surface area contributed by atoms with Crippen molar-refractivity contribution in [1.29, 1.82) is 5.26 Å². The molecule has 0 fully saturated rings. The van der Waals surface area contributed by atoms with Gasteiger partial charge in [0, 0.05) is 24.4 Å². The van der Waals surface area contributed by atoms with Crippen LogP contribution in [-0.4, -0.2) is 25.1 Å². The minimum Gasteiger partial charge on any atom is -0.457 e. The monoisotopic (exact) mass is 427 g/mol. The van der Waals surface area contributed by atoms with Gasteiger partial charge in [0.1, 0.15) is 29.1 Å². The SMILES string of the molecule is Cc1c(C#N)c(-c2ccc(Oc3cccc(F)c3)cc2)c(C(=O)NS(C)(=O)=O)n1C. The zero-order valence-electron chi connectivity index (χ0n) is 16.4. The van der Waals surface area contributed by atoms with Gasteiger partial charge in [-0.25, -0.2) is 17.5 Å². The van der Waals surface area contributed by atoms with Crippen LogP contribution in [0.15, 0.2) is 48.5 Å². The Kier molecular flexibility index (Phi) is 5.62. The molecule has 1 N–H and O–H groups in total. The quantitative estimate of drug-likeness (QED) is 0.672. The smallest absolute Gasteiger partial charge is 0.282 e. The van der Waals surface area contributed by atoms with E-state index in [9.17, 15) is 22.9 Å². The number of sulfonamides is 1. The summed E-state index contributed by atoms with van der Waals surface area (Å²) < 4.78 is 45.4. The third-order valence-electron chi connectivity index (χ3n) is 4.47. The summed E-state index contributed by atoms with van der Waals surface area (Å²) in [6.07, 6.45) is 0.879. The zero-order valence-corrected chi connectivity index (χ0v) is 17.2. The number of aromatic nitrogens is 1. The fraction of sp³-hybridized carbons (Fsp3) is 0.143. The van der Waals surface area contributed by atoms with Crippen LogP contribution in [0.1, 0.15) is 21.7 Å². The maximum atomic E-state index is 13.3. The first-order valence-electron chi connectivity index (χ1n) is 8.76. The molecule has 1 aromatic heterocycles. The van der Waals surface area contributed by atoms with E-state index in [1.54, 1.807) is 44.3 Å². The number of rotatable bonds is 5. The Balaban J connectivity index is 2.03.